The molecule has 0 bridgehead atoms. The molecule has 2 amide bonds. The van der Waals surface area contributed by atoms with Crippen LogP contribution in [-0.2, 0) is 12.7 Å². The van der Waals surface area contributed by atoms with Crippen LogP contribution in [0.4, 0.5) is 28.0 Å². The molecule has 4 nitrogen and oxygen atoms in total. The maximum atomic E-state index is 13.4. The Bertz CT molecular complexity index is 811. The lowest BCUT2D eigenvalue weighted by atomic mass is 10.2. The normalized spacial score (nSPS) is 15.9. The molecule has 0 spiro atoms. The molecule has 0 atom stereocenters. The van der Waals surface area contributed by atoms with Gasteiger partial charge < -0.3 is 10.2 Å². The van der Waals surface area contributed by atoms with Gasteiger partial charge in [0, 0.05) is 38.4 Å². The number of alkyl halides is 3. The molecule has 0 radical (unpaired) electrons. The standard InChI is InChI=1S/C20H21F4N3O/c21-18-8-7-16(13-17(18)20(22,23)24)25-19(28)27-10-4-9-26(11-12-27)14-15-5-2-1-3-6-15/h1-3,5-8,13H,4,9-12,14H2,(H,25,28). The second-order valence-electron chi connectivity index (χ2n) is 6.72. The maximum absolute atomic E-state index is 13.4. The average Bonchev–Trinajstić information content (AvgIpc) is 2.89. The van der Waals surface area contributed by atoms with E-state index >= 15 is 0 Å². The van der Waals surface area contributed by atoms with Crippen molar-refractivity contribution in [3.63, 3.8) is 0 Å². The summed E-state index contributed by atoms with van der Waals surface area (Å²) < 4.78 is 51.9. The number of halogens is 4. The molecule has 1 N–H and O–H groups in total. The number of rotatable bonds is 3. The van der Waals surface area contributed by atoms with E-state index in [-0.39, 0.29) is 5.69 Å². The lowest BCUT2D eigenvalue weighted by molar-refractivity contribution is -0.139. The third kappa shape index (κ3) is 5.22. The third-order valence-electron chi connectivity index (χ3n) is 4.65. The van der Waals surface area contributed by atoms with Gasteiger partial charge in [0.2, 0.25) is 0 Å². The summed E-state index contributed by atoms with van der Waals surface area (Å²) in [6.45, 7) is 3.24. The lowest BCUT2D eigenvalue weighted by Gasteiger charge is -2.22. The number of hydrogen-bond donors (Lipinski definition) is 1. The molecule has 1 aliphatic heterocycles. The summed E-state index contributed by atoms with van der Waals surface area (Å²) in [5.74, 6) is -1.36. The van der Waals surface area contributed by atoms with Gasteiger partial charge in [-0.25, -0.2) is 9.18 Å². The van der Waals surface area contributed by atoms with E-state index < -0.39 is 23.6 Å². The van der Waals surface area contributed by atoms with Crippen molar-refractivity contribution in [3.05, 3.63) is 65.5 Å². The molecule has 150 valence electrons. The Kier molecular flexibility index (Phi) is 6.18. The van der Waals surface area contributed by atoms with Gasteiger partial charge in [-0.2, -0.15) is 13.2 Å². The van der Waals surface area contributed by atoms with Crippen molar-refractivity contribution in [2.75, 3.05) is 31.5 Å². The van der Waals surface area contributed by atoms with Crippen molar-refractivity contribution >= 4 is 11.7 Å². The molecule has 28 heavy (non-hydrogen) atoms. The molecule has 0 saturated carbocycles. The Morgan fingerprint density at radius 1 is 1.00 bits per heavy atom. The molecule has 0 unspecified atom stereocenters. The summed E-state index contributed by atoms with van der Waals surface area (Å²) in [7, 11) is 0. The van der Waals surface area contributed by atoms with Crippen LogP contribution in [0.2, 0.25) is 0 Å². The van der Waals surface area contributed by atoms with Crippen molar-refractivity contribution < 1.29 is 22.4 Å². The Hall–Kier alpha value is -2.61. The van der Waals surface area contributed by atoms with Gasteiger partial charge >= 0.3 is 12.2 Å². The molecule has 0 aromatic heterocycles. The van der Waals surface area contributed by atoms with Crippen molar-refractivity contribution in [3.8, 4) is 0 Å². The number of carbonyl (C=O) groups excluding carboxylic acids is 1. The van der Waals surface area contributed by atoms with E-state index in [0.29, 0.717) is 31.8 Å². The number of nitrogens with zero attached hydrogens (tertiary/aromatic N) is 2. The van der Waals surface area contributed by atoms with Gasteiger partial charge in [-0.15, -0.1) is 0 Å². The molecule has 0 aliphatic carbocycles. The zero-order valence-electron chi connectivity index (χ0n) is 15.2. The van der Waals surface area contributed by atoms with E-state index in [0.717, 1.165) is 25.6 Å². The number of urea groups is 1. The quantitative estimate of drug-likeness (QED) is 0.772. The number of nitrogens with one attached hydrogen (secondary N) is 1. The van der Waals surface area contributed by atoms with E-state index in [9.17, 15) is 22.4 Å². The fraction of sp³-hybridized carbons (Fsp3) is 0.350. The zero-order valence-corrected chi connectivity index (χ0v) is 15.2. The van der Waals surface area contributed by atoms with Gasteiger partial charge in [-0.1, -0.05) is 30.3 Å². The summed E-state index contributed by atoms with van der Waals surface area (Å²) >= 11 is 0. The van der Waals surface area contributed by atoms with Crippen molar-refractivity contribution in [2.24, 2.45) is 0 Å². The van der Waals surface area contributed by atoms with Crippen molar-refractivity contribution in [1.29, 1.82) is 0 Å². The summed E-state index contributed by atoms with van der Waals surface area (Å²) in [4.78, 5) is 16.3. The van der Waals surface area contributed by atoms with Gasteiger partial charge in [0.15, 0.2) is 0 Å². The van der Waals surface area contributed by atoms with Crippen LogP contribution in [-0.4, -0.2) is 42.0 Å². The van der Waals surface area contributed by atoms with Crippen molar-refractivity contribution in [2.45, 2.75) is 19.1 Å². The molecular formula is C20H21F4N3O. The van der Waals surface area contributed by atoms with Gasteiger partial charge in [-0.3, -0.25) is 4.90 Å². The molecule has 2 aromatic carbocycles. The van der Waals surface area contributed by atoms with Crippen LogP contribution in [0.15, 0.2) is 48.5 Å². The first-order valence-corrected chi connectivity index (χ1v) is 9.02. The van der Waals surface area contributed by atoms with Gasteiger partial charge in [-0.05, 0) is 30.2 Å². The summed E-state index contributed by atoms with van der Waals surface area (Å²) in [5.41, 5.74) is -0.286. The van der Waals surface area contributed by atoms with E-state index in [1.54, 1.807) is 4.90 Å². The van der Waals surface area contributed by atoms with E-state index in [1.807, 2.05) is 30.3 Å². The van der Waals surface area contributed by atoms with Gasteiger partial charge in [0.05, 0.1) is 5.56 Å². The SMILES string of the molecule is O=C(Nc1ccc(F)c(C(F)(F)F)c1)N1CCCN(Cc2ccccc2)CC1. The smallest absolute Gasteiger partial charge is 0.323 e. The number of benzene rings is 2. The highest BCUT2D eigenvalue weighted by Gasteiger charge is 2.34. The highest BCUT2D eigenvalue weighted by molar-refractivity contribution is 5.89. The number of hydrogen-bond acceptors (Lipinski definition) is 2. The van der Waals surface area contributed by atoms with Crippen LogP contribution in [0.1, 0.15) is 17.5 Å². The predicted octanol–water partition coefficient (Wildman–Crippen LogP) is 4.58. The van der Waals surface area contributed by atoms with Crippen LogP contribution >= 0.6 is 0 Å². The Balaban J connectivity index is 1.59. The average molecular weight is 395 g/mol. The van der Waals surface area contributed by atoms with Crippen LogP contribution < -0.4 is 5.32 Å². The van der Waals surface area contributed by atoms with Crippen LogP contribution in [0, 0.1) is 5.82 Å². The molecule has 1 saturated heterocycles. The summed E-state index contributed by atoms with van der Waals surface area (Å²) in [5, 5.41) is 2.45. The molecule has 1 aliphatic rings. The Morgan fingerprint density at radius 3 is 2.46 bits per heavy atom. The second-order valence-corrected chi connectivity index (χ2v) is 6.72. The van der Waals surface area contributed by atoms with E-state index in [1.165, 1.54) is 5.56 Å². The highest BCUT2D eigenvalue weighted by atomic mass is 19.4. The van der Waals surface area contributed by atoms with E-state index in [2.05, 4.69) is 10.2 Å². The third-order valence-corrected chi connectivity index (χ3v) is 4.65. The summed E-state index contributed by atoms with van der Waals surface area (Å²) in [6, 6.07) is 12.0. The van der Waals surface area contributed by atoms with Crippen LogP contribution in [0.5, 0.6) is 0 Å². The predicted molar refractivity (Wildman–Crippen MR) is 98.3 cm³/mol. The van der Waals surface area contributed by atoms with E-state index in [4.69, 9.17) is 0 Å². The minimum atomic E-state index is -4.81. The number of amides is 2. The second kappa shape index (κ2) is 8.60. The maximum Gasteiger partial charge on any atom is 0.419 e. The van der Waals surface area contributed by atoms with Gasteiger partial charge in [0.1, 0.15) is 5.82 Å². The number of carbonyl (C=O) groups is 1. The van der Waals surface area contributed by atoms with Crippen LogP contribution in [0.3, 0.4) is 0 Å². The molecule has 2 aromatic rings. The minimum Gasteiger partial charge on any atom is -0.323 e. The Labute approximate surface area is 160 Å². The molecule has 3 rings (SSSR count). The van der Waals surface area contributed by atoms with Gasteiger partial charge in [0.25, 0.3) is 0 Å². The number of anilines is 1. The molecular weight excluding hydrogens is 374 g/mol. The Morgan fingerprint density at radius 2 is 1.75 bits per heavy atom. The fourth-order valence-electron chi connectivity index (χ4n) is 3.20. The van der Waals surface area contributed by atoms with Crippen LogP contribution in [0.25, 0.3) is 0 Å². The minimum absolute atomic E-state index is 0.0795. The topological polar surface area (TPSA) is 35.6 Å². The fourth-order valence-corrected chi connectivity index (χ4v) is 3.20. The molecule has 8 heteroatoms. The van der Waals surface area contributed by atoms with Crippen molar-refractivity contribution in [1.82, 2.24) is 9.80 Å². The first-order chi connectivity index (χ1) is 13.3. The molecule has 1 heterocycles. The monoisotopic (exact) mass is 395 g/mol. The first-order valence-electron chi connectivity index (χ1n) is 9.02. The largest absolute Gasteiger partial charge is 0.419 e. The zero-order chi connectivity index (χ0) is 20.1. The molecule has 1 fully saturated rings. The summed E-state index contributed by atoms with van der Waals surface area (Å²) in [6.07, 6.45) is -4.05. The lowest BCUT2D eigenvalue weighted by Crippen LogP contribution is -2.38. The highest BCUT2D eigenvalue weighted by Crippen LogP contribution is 2.33. The first kappa shape index (κ1) is 20.1.